The smallest absolute Gasteiger partial charge is 0.317 e. The van der Waals surface area contributed by atoms with Crippen molar-refractivity contribution in [2.75, 3.05) is 14.1 Å². The highest BCUT2D eigenvalue weighted by Gasteiger charge is 2.50. The van der Waals surface area contributed by atoms with Gasteiger partial charge in [-0.3, -0.25) is 0 Å². The predicted molar refractivity (Wildman–Crippen MR) is 56.1 cm³/mol. The quantitative estimate of drug-likeness (QED) is 0.683. The predicted octanol–water partition coefficient (Wildman–Crippen LogP) is 1.98. The molecular formula is C11H20N2O. The summed E-state index contributed by atoms with van der Waals surface area (Å²) in [6.45, 7) is 0. The van der Waals surface area contributed by atoms with Crippen LogP contribution < -0.4 is 5.32 Å². The van der Waals surface area contributed by atoms with Crippen LogP contribution in [0.2, 0.25) is 0 Å². The minimum atomic E-state index is 0.0822. The van der Waals surface area contributed by atoms with Crippen LogP contribution in [0.1, 0.15) is 38.5 Å². The van der Waals surface area contributed by atoms with E-state index >= 15 is 0 Å². The molecule has 0 aromatic carbocycles. The molecule has 0 heterocycles. The van der Waals surface area contributed by atoms with Crippen LogP contribution in [0.15, 0.2) is 0 Å². The zero-order chi connectivity index (χ0) is 10.2. The average molecular weight is 196 g/mol. The lowest BCUT2D eigenvalue weighted by molar-refractivity contribution is 0.119. The normalized spacial score (nSPS) is 35.4. The molecule has 14 heavy (non-hydrogen) atoms. The molecule has 0 aliphatic heterocycles. The van der Waals surface area contributed by atoms with E-state index in [1.165, 1.54) is 38.5 Å². The summed E-state index contributed by atoms with van der Waals surface area (Å²) in [5.74, 6) is 0.768. The molecule has 2 amide bonds. The largest absolute Gasteiger partial charge is 0.341 e. The Morgan fingerprint density at radius 2 is 1.93 bits per heavy atom. The topological polar surface area (TPSA) is 32.3 Å². The molecule has 2 aliphatic rings. The van der Waals surface area contributed by atoms with Crippen LogP contribution in [-0.4, -0.2) is 30.6 Å². The van der Waals surface area contributed by atoms with E-state index in [0.717, 1.165) is 5.92 Å². The van der Waals surface area contributed by atoms with Gasteiger partial charge in [0.1, 0.15) is 0 Å². The van der Waals surface area contributed by atoms with E-state index in [9.17, 15) is 4.79 Å². The van der Waals surface area contributed by atoms with Crippen LogP contribution in [0.4, 0.5) is 4.79 Å². The van der Waals surface area contributed by atoms with Gasteiger partial charge in [0, 0.05) is 19.6 Å². The molecule has 2 saturated carbocycles. The van der Waals surface area contributed by atoms with E-state index in [1.54, 1.807) is 7.05 Å². The SMILES string of the molecule is CNC(=O)N(C)C12CCCC1CCC2. The maximum atomic E-state index is 11.7. The second-order valence-corrected chi connectivity index (χ2v) is 4.70. The third-order valence-electron chi connectivity index (χ3n) is 4.27. The molecule has 2 rings (SSSR count). The number of rotatable bonds is 1. The zero-order valence-corrected chi connectivity index (χ0v) is 9.18. The Morgan fingerprint density at radius 3 is 2.43 bits per heavy atom. The van der Waals surface area contributed by atoms with E-state index in [0.29, 0.717) is 0 Å². The highest BCUT2D eigenvalue weighted by molar-refractivity contribution is 5.74. The number of hydrogen-bond acceptors (Lipinski definition) is 1. The number of carbonyl (C=O) groups is 1. The molecule has 0 aromatic heterocycles. The molecule has 0 unspecified atom stereocenters. The van der Waals surface area contributed by atoms with Crippen molar-refractivity contribution in [1.29, 1.82) is 0 Å². The summed E-state index contributed by atoms with van der Waals surface area (Å²) >= 11 is 0. The second kappa shape index (κ2) is 3.44. The zero-order valence-electron chi connectivity index (χ0n) is 9.18. The molecule has 2 fully saturated rings. The van der Waals surface area contributed by atoms with Gasteiger partial charge < -0.3 is 10.2 Å². The third-order valence-corrected chi connectivity index (χ3v) is 4.27. The van der Waals surface area contributed by atoms with Gasteiger partial charge in [0.05, 0.1) is 0 Å². The van der Waals surface area contributed by atoms with Gasteiger partial charge >= 0.3 is 6.03 Å². The first kappa shape index (κ1) is 9.81. The van der Waals surface area contributed by atoms with Crippen molar-refractivity contribution >= 4 is 6.03 Å². The molecular weight excluding hydrogens is 176 g/mol. The number of nitrogens with zero attached hydrogens (tertiary/aromatic N) is 1. The first-order valence-corrected chi connectivity index (χ1v) is 5.66. The second-order valence-electron chi connectivity index (χ2n) is 4.70. The third kappa shape index (κ3) is 1.22. The van der Waals surface area contributed by atoms with Crippen molar-refractivity contribution in [3.8, 4) is 0 Å². The van der Waals surface area contributed by atoms with Gasteiger partial charge in [-0.2, -0.15) is 0 Å². The van der Waals surface area contributed by atoms with Crippen molar-refractivity contribution in [2.45, 2.75) is 44.1 Å². The Balaban J connectivity index is 2.17. The number of nitrogens with one attached hydrogen (secondary N) is 1. The highest BCUT2D eigenvalue weighted by Crippen LogP contribution is 2.50. The Morgan fingerprint density at radius 1 is 1.36 bits per heavy atom. The Bertz CT molecular complexity index is 229. The lowest BCUT2D eigenvalue weighted by atomic mass is 9.89. The summed E-state index contributed by atoms with van der Waals surface area (Å²) in [4.78, 5) is 13.6. The molecule has 0 atom stereocenters. The minimum absolute atomic E-state index is 0.0822. The summed E-state index contributed by atoms with van der Waals surface area (Å²) in [6, 6.07) is 0.0822. The molecule has 2 aliphatic carbocycles. The maximum Gasteiger partial charge on any atom is 0.317 e. The summed E-state index contributed by atoms with van der Waals surface area (Å²) in [5.41, 5.74) is 0.208. The minimum Gasteiger partial charge on any atom is -0.341 e. The standard InChI is InChI=1S/C11H20N2O/c1-12-10(14)13(2)11-7-3-5-9(11)6-4-8-11/h9H,3-8H2,1-2H3,(H,12,14). The Hall–Kier alpha value is -0.730. The molecule has 0 spiro atoms. The maximum absolute atomic E-state index is 11.7. The monoisotopic (exact) mass is 196 g/mol. The number of carbonyl (C=O) groups excluding carboxylic acids is 1. The van der Waals surface area contributed by atoms with Crippen molar-refractivity contribution in [2.24, 2.45) is 5.92 Å². The summed E-state index contributed by atoms with van der Waals surface area (Å²) < 4.78 is 0. The van der Waals surface area contributed by atoms with Crippen LogP contribution in [-0.2, 0) is 0 Å². The van der Waals surface area contributed by atoms with Crippen LogP contribution in [0.25, 0.3) is 0 Å². The van der Waals surface area contributed by atoms with Crippen LogP contribution in [0.5, 0.6) is 0 Å². The molecule has 0 saturated heterocycles. The van der Waals surface area contributed by atoms with Gasteiger partial charge in [0.15, 0.2) is 0 Å². The van der Waals surface area contributed by atoms with Crippen molar-refractivity contribution in [3.63, 3.8) is 0 Å². The van der Waals surface area contributed by atoms with Gasteiger partial charge in [-0.15, -0.1) is 0 Å². The van der Waals surface area contributed by atoms with Gasteiger partial charge in [-0.05, 0) is 31.6 Å². The number of hydrogen-bond donors (Lipinski definition) is 1. The average Bonchev–Trinajstić information content (AvgIpc) is 2.73. The lowest BCUT2D eigenvalue weighted by Gasteiger charge is -2.39. The first-order valence-electron chi connectivity index (χ1n) is 5.66. The van der Waals surface area contributed by atoms with Crippen LogP contribution in [0, 0.1) is 5.92 Å². The molecule has 1 N–H and O–H groups in total. The van der Waals surface area contributed by atoms with Gasteiger partial charge in [-0.1, -0.05) is 12.8 Å². The first-order chi connectivity index (χ1) is 6.70. The molecule has 0 aromatic rings. The van der Waals surface area contributed by atoms with E-state index in [4.69, 9.17) is 0 Å². The van der Waals surface area contributed by atoms with Gasteiger partial charge in [-0.25, -0.2) is 4.79 Å². The summed E-state index contributed by atoms with van der Waals surface area (Å²) in [5, 5.41) is 2.74. The molecule has 3 heteroatoms. The van der Waals surface area contributed by atoms with E-state index in [-0.39, 0.29) is 11.6 Å². The summed E-state index contributed by atoms with van der Waals surface area (Å²) in [6.07, 6.45) is 7.66. The fourth-order valence-electron chi connectivity index (χ4n) is 3.50. The number of fused-ring (bicyclic) bond motifs is 1. The number of amides is 2. The van der Waals surface area contributed by atoms with E-state index < -0.39 is 0 Å². The molecule has 80 valence electrons. The molecule has 3 nitrogen and oxygen atoms in total. The lowest BCUT2D eigenvalue weighted by Crippen LogP contribution is -2.52. The highest BCUT2D eigenvalue weighted by atomic mass is 16.2. The van der Waals surface area contributed by atoms with Crippen LogP contribution in [0.3, 0.4) is 0 Å². The fourth-order valence-corrected chi connectivity index (χ4v) is 3.50. The van der Waals surface area contributed by atoms with Crippen LogP contribution >= 0.6 is 0 Å². The van der Waals surface area contributed by atoms with Crippen molar-refractivity contribution in [3.05, 3.63) is 0 Å². The Labute approximate surface area is 85.8 Å². The van der Waals surface area contributed by atoms with E-state index in [2.05, 4.69) is 5.32 Å². The van der Waals surface area contributed by atoms with Gasteiger partial charge in [0.25, 0.3) is 0 Å². The Kier molecular flexibility index (Phi) is 2.41. The van der Waals surface area contributed by atoms with Crippen molar-refractivity contribution < 1.29 is 4.79 Å². The van der Waals surface area contributed by atoms with Gasteiger partial charge in [0.2, 0.25) is 0 Å². The molecule has 0 radical (unpaired) electrons. The summed E-state index contributed by atoms with van der Waals surface area (Å²) in [7, 11) is 3.68. The van der Waals surface area contributed by atoms with Crippen molar-refractivity contribution in [1.82, 2.24) is 10.2 Å². The van der Waals surface area contributed by atoms with E-state index in [1.807, 2.05) is 11.9 Å². The fraction of sp³-hybridized carbons (Fsp3) is 0.909. The number of urea groups is 1. The molecule has 0 bridgehead atoms.